The Morgan fingerprint density at radius 1 is 1.40 bits per heavy atom. The number of halogens is 2. The minimum atomic E-state index is -0.545. The smallest absolute Gasteiger partial charge is 0.274 e. The number of aliphatic imine (C=N–C) groups is 1. The highest BCUT2D eigenvalue weighted by Crippen LogP contribution is 2.36. The summed E-state index contributed by atoms with van der Waals surface area (Å²) in [6.07, 6.45) is 0.771. The molecule has 1 unspecified atom stereocenters. The molecule has 130 valence electrons. The number of rotatable bonds is 3. The molecule has 1 aromatic heterocycles. The summed E-state index contributed by atoms with van der Waals surface area (Å²) in [6.45, 7) is 1.94. The molecule has 2 heterocycles. The molecule has 1 amide bonds. The molecule has 1 aromatic carbocycles. The van der Waals surface area contributed by atoms with Crippen molar-refractivity contribution in [2.45, 2.75) is 18.9 Å². The highest BCUT2D eigenvalue weighted by Gasteiger charge is 2.30. The Labute approximate surface area is 153 Å². The van der Waals surface area contributed by atoms with E-state index < -0.39 is 17.3 Å². The van der Waals surface area contributed by atoms with Crippen LogP contribution >= 0.6 is 23.4 Å². The van der Waals surface area contributed by atoms with Crippen molar-refractivity contribution in [1.29, 1.82) is 0 Å². The van der Waals surface area contributed by atoms with Crippen LogP contribution in [-0.4, -0.2) is 21.8 Å². The van der Waals surface area contributed by atoms with Crippen LogP contribution in [0.2, 0.25) is 5.15 Å². The van der Waals surface area contributed by atoms with Gasteiger partial charge in [-0.05, 0) is 43.2 Å². The fraction of sp³-hybridized carbons (Fsp3) is 0.235. The molecule has 1 atom stereocenters. The Bertz CT molecular complexity index is 860. The fourth-order valence-corrected chi connectivity index (χ4v) is 3.71. The van der Waals surface area contributed by atoms with Gasteiger partial charge in [-0.25, -0.2) is 9.37 Å². The normalized spacial score (nSPS) is 20.0. The summed E-state index contributed by atoms with van der Waals surface area (Å²) < 4.78 is 14.2. The maximum Gasteiger partial charge on any atom is 0.274 e. The van der Waals surface area contributed by atoms with E-state index in [1.54, 1.807) is 24.3 Å². The molecule has 8 heteroatoms. The van der Waals surface area contributed by atoms with Gasteiger partial charge in [0.25, 0.3) is 5.91 Å². The van der Waals surface area contributed by atoms with E-state index in [0.717, 1.165) is 17.7 Å². The van der Waals surface area contributed by atoms with E-state index in [9.17, 15) is 9.18 Å². The maximum atomic E-state index is 14.2. The minimum Gasteiger partial charge on any atom is -0.379 e. The summed E-state index contributed by atoms with van der Waals surface area (Å²) in [5.74, 6) is -0.243. The third kappa shape index (κ3) is 3.93. The number of aromatic nitrogens is 1. The molecular formula is C17H16ClFN4OS. The highest BCUT2D eigenvalue weighted by molar-refractivity contribution is 8.13. The summed E-state index contributed by atoms with van der Waals surface area (Å²) in [7, 11) is 0. The lowest BCUT2D eigenvalue weighted by Gasteiger charge is -2.30. The van der Waals surface area contributed by atoms with Crippen LogP contribution in [0.3, 0.4) is 0 Å². The van der Waals surface area contributed by atoms with E-state index in [1.165, 1.54) is 23.9 Å². The molecule has 5 nitrogen and oxygen atoms in total. The SMILES string of the molecule is CC1(c2ccc(F)c(NC(=O)c3cccc(Cl)n3)c2)CCSC(N)=N1. The number of nitrogens with one attached hydrogen (secondary N) is 1. The van der Waals surface area contributed by atoms with Gasteiger partial charge in [0.15, 0.2) is 5.17 Å². The van der Waals surface area contributed by atoms with Gasteiger partial charge in [0.1, 0.15) is 16.7 Å². The molecule has 3 N–H and O–H groups in total. The second-order valence-electron chi connectivity index (χ2n) is 5.82. The molecule has 0 saturated carbocycles. The Kier molecular flexibility index (Phi) is 4.96. The number of hydrogen-bond donors (Lipinski definition) is 2. The molecule has 2 aromatic rings. The van der Waals surface area contributed by atoms with Crippen LogP contribution in [0.1, 0.15) is 29.4 Å². The number of hydrogen-bond acceptors (Lipinski definition) is 5. The molecule has 0 bridgehead atoms. The summed E-state index contributed by atoms with van der Waals surface area (Å²) in [5, 5.41) is 3.24. The average molecular weight is 379 g/mol. The number of nitrogens with two attached hydrogens (primary N) is 1. The van der Waals surface area contributed by atoms with Gasteiger partial charge in [-0.3, -0.25) is 9.79 Å². The monoisotopic (exact) mass is 378 g/mol. The minimum absolute atomic E-state index is 0.0671. The standard InChI is InChI=1S/C17H16ClFN4OS/c1-17(7-8-25-16(20)23-17)10-5-6-11(19)13(9-10)22-15(24)12-3-2-4-14(18)21-12/h2-6,9H,7-8H2,1H3,(H2,20,23)(H,22,24). The van der Waals surface area contributed by atoms with E-state index in [0.29, 0.717) is 5.17 Å². The first-order valence-corrected chi connectivity index (χ1v) is 8.96. The summed E-state index contributed by atoms with van der Waals surface area (Å²) in [4.78, 5) is 20.7. The molecule has 1 aliphatic rings. The Hall–Kier alpha value is -2.12. The quantitative estimate of drug-likeness (QED) is 0.796. The Balaban J connectivity index is 1.90. The lowest BCUT2D eigenvalue weighted by Crippen LogP contribution is -2.29. The lowest BCUT2D eigenvalue weighted by atomic mass is 9.89. The number of amidine groups is 1. The molecule has 0 radical (unpaired) electrons. The van der Waals surface area contributed by atoms with Crippen molar-refractivity contribution in [1.82, 2.24) is 4.98 Å². The van der Waals surface area contributed by atoms with Crippen LogP contribution in [0.4, 0.5) is 10.1 Å². The first-order chi connectivity index (χ1) is 11.9. The van der Waals surface area contributed by atoms with Crippen molar-refractivity contribution in [3.8, 4) is 0 Å². The van der Waals surface area contributed by atoms with Gasteiger partial charge in [0, 0.05) is 5.75 Å². The molecule has 0 spiro atoms. The first-order valence-electron chi connectivity index (χ1n) is 7.59. The summed E-state index contributed by atoms with van der Waals surface area (Å²) in [5.41, 5.74) is 6.25. The lowest BCUT2D eigenvalue weighted by molar-refractivity contribution is 0.102. The zero-order chi connectivity index (χ0) is 18.0. The number of carbonyl (C=O) groups excluding carboxylic acids is 1. The maximum absolute atomic E-state index is 14.2. The van der Waals surface area contributed by atoms with Crippen LogP contribution in [0.15, 0.2) is 41.4 Å². The van der Waals surface area contributed by atoms with Gasteiger partial charge in [-0.15, -0.1) is 0 Å². The predicted molar refractivity (Wildman–Crippen MR) is 99.6 cm³/mol. The van der Waals surface area contributed by atoms with Gasteiger partial charge < -0.3 is 11.1 Å². The first kappa shape index (κ1) is 17.7. The third-order valence-electron chi connectivity index (χ3n) is 3.98. The molecule has 0 fully saturated rings. The molecule has 1 aliphatic heterocycles. The zero-order valence-corrected chi connectivity index (χ0v) is 15.0. The second kappa shape index (κ2) is 7.01. The number of thioether (sulfide) groups is 1. The number of carbonyl (C=O) groups is 1. The Morgan fingerprint density at radius 3 is 2.92 bits per heavy atom. The van der Waals surface area contributed by atoms with E-state index in [-0.39, 0.29) is 16.5 Å². The third-order valence-corrected chi connectivity index (χ3v) is 4.99. The van der Waals surface area contributed by atoms with Crippen LogP contribution in [0.25, 0.3) is 0 Å². The number of amides is 1. The fourth-order valence-electron chi connectivity index (χ4n) is 2.57. The van der Waals surface area contributed by atoms with Crippen molar-refractivity contribution < 1.29 is 9.18 Å². The van der Waals surface area contributed by atoms with Crippen LogP contribution in [0.5, 0.6) is 0 Å². The second-order valence-corrected chi connectivity index (χ2v) is 7.32. The number of benzene rings is 1. The van der Waals surface area contributed by atoms with Gasteiger partial charge in [-0.1, -0.05) is 35.5 Å². The van der Waals surface area contributed by atoms with E-state index in [2.05, 4.69) is 15.3 Å². The van der Waals surface area contributed by atoms with Crippen molar-refractivity contribution >= 4 is 40.1 Å². The topological polar surface area (TPSA) is 80.4 Å². The summed E-state index contributed by atoms with van der Waals surface area (Å²) in [6, 6.07) is 9.24. The average Bonchev–Trinajstić information content (AvgIpc) is 2.56. The Morgan fingerprint density at radius 2 is 2.20 bits per heavy atom. The van der Waals surface area contributed by atoms with E-state index >= 15 is 0 Å². The number of nitrogens with zero attached hydrogens (tertiary/aromatic N) is 2. The van der Waals surface area contributed by atoms with E-state index in [4.69, 9.17) is 17.3 Å². The molecular weight excluding hydrogens is 363 g/mol. The van der Waals surface area contributed by atoms with Crippen molar-refractivity contribution in [2.24, 2.45) is 10.7 Å². The van der Waals surface area contributed by atoms with Gasteiger partial charge in [-0.2, -0.15) is 0 Å². The van der Waals surface area contributed by atoms with Crippen LogP contribution in [-0.2, 0) is 5.54 Å². The molecule has 0 saturated heterocycles. The largest absolute Gasteiger partial charge is 0.379 e. The van der Waals surface area contributed by atoms with Gasteiger partial charge in [0.05, 0.1) is 11.2 Å². The van der Waals surface area contributed by atoms with Crippen LogP contribution < -0.4 is 11.1 Å². The van der Waals surface area contributed by atoms with E-state index in [1.807, 2.05) is 6.92 Å². The van der Waals surface area contributed by atoms with Gasteiger partial charge in [0.2, 0.25) is 0 Å². The molecule has 3 rings (SSSR count). The van der Waals surface area contributed by atoms with Crippen molar-refractivity contribution in [3.05, 3.63) is 58.6 Å². The van der Waals surface area contributed by atoms with Crippen molar-refractivity contribution in [2.75, 3.05) is 11.1 Å². The number of anilines is 1. The highest BCUT2D eigenvalue weighted by atomic mass is 35.5. The van der Waals surface area contributed by atoms with Crippen LogP contribution in [0, 0.1) is 5.82 Å². The van der Waals surface area contributed by atoms with Gasteiger partial charge >= 0.3 is 0 Å². The zero-order valence-electron chi connectivity index (χ0n) is 13.4. The number of pyridine rings is 1. The van der Waals surface area contributed by atoms with Crippen molar-refractivity contribution in [3.63, 3.8) is 0 Å². The molecule has 25 heavy (non-hydrogen) atoms. The molecule has 0 aliphatic carbocycles. The predicted octanol–water partition coefficient (Wildman–Crippen LogP) is 3.79. The summed E-state index contributed by atoms with van der Waals surface area (Å²) >= 11 is 7.28.